The first-order chi connectivity index (χ1) is 20.0. The van der Waals surface area contributed by atoms with E-state index in [1.54, 1.807) is 32.9 Å². The number of nitrogens with one attached hydrogen (secondary N) is 3. The van der Waals surface area contributed by atoms with Crippen molar-refractivity contribution in [1.82, 2.24) is 16.0 Å². The van der Waals surface area contributed by atoms with E-state index in [4.69, 9.17) is 9.47 Å². The molecule has 0 aromatic heterocycles. The molecule has 0 fully saturated rings. The Morgan fingerprint density at radius 2 is 1.64 bits per heavy atom. The zero-order chi connectivity index (χ0) is 31.1. The summed E-state index contributed by atoms with van der Waals surface area (Å²) in [4.78, 5) is 62.3. The van der Waals surface area contributed by atoms with E-state index >= 15 is 0 Å². The van der Waals surface area contributed by atoms with Crippen molar-refractivity contribution in [2.24, 2.45) is 5.92 Å². The predicted octanol–water partition coefficient (Wildman–Crippen LogP) is 2.81. The Morgan fingerprint density at radius 3 is 2.29 bits per heavy atom. The summed E-state index contributed by atoms with van der Waals surface area (Å²) in [6, 6.07) is 9.92. The second-order valence-corrected chi connectivity index (χ2v) is 9.51. The Labute approximate surface area is 242 Å². The van der Waals surface area contributed by atoms with Gasteiger partial charge in [-0.05, 0) is 48.6 Å². The van der Waals surface area contributed by atoms with Gasteiger partial charge in [0.05, 0.1) is 13.2 Å². The molecule has 10 nitrogen and oxygen atoms in total. The lowest BCUT2D eigenvalue weighted by Crippen LogP contribution is -2.55. The molecule has 2 aromatic rings. The number of rotatable bonds is 15. The van der Waals surface area contributed by atoms with Crippen LogP contribution in [0.15, 0.2) is 54.6 Å². The van der Waals surface area contributed by atoms with Crippen LogP contribution in [0, 0.1) is 17.6 Å². The van der Waals surface area contributed by atoms with Gasteiger partial charge in [-0.25, -0.2) is 13.6 Å². The van der Waals surface area contributed by atoms with E-state index in [1.807, 2.05) is 18.2 Å². The van der Waals surface area contributed by atoms with Gasteiger partial charge in [-0.3, -0.25) is 19.2 Å². The van der Waals surface area contributed by atoms with Crippen molar-refractivity contribution in [2.45, 2.75) is 52.3 Å². The van der Waals surface area contributed by atoms with Crippen molar-refractivity contribution in [3.05, 3.63) is 77.4 Å². The molecule has 0 bridgehead atoms. The number of carbonyl (C=O) groups excluding carboxylic acids is 5. The fourth-order valence-corrected chi connectivity index (χ4v) is 3.60. The van der Waals surface area contributed by atoms with Crippen molar-refractivity contribution < 1.29 is 42.2 Å². The third kappa shape index (κ3) is 11.9. The number of hydrogen-bond donors (Lipinski definition) is 3. The molecule has 0 unspecified atom stereocenters. The number of carbonyl (C=O) groups is 5. The van der Waals surface area contributed by atoms with E-state index in [2.05, 4.69) is 16.0 Å². The number of hydrogen-bond acceptors (Lipinski definition) is 7. The van der Waals surface area contributed by atoms with Crippen LogP contribution in [0.4, 0.5) is 8.78 Å². The Balaban J connectivity index is 1.91. The van der Waals surface area contributed by atoms with E-state index in [1.165, 1.54) is 12.1 Å². The van der Waals surface area contributed by atoms with Crippen LogP contribution in [0.2, 0.25) is 0 Å². The van der Waals surface area contributed by atoms with Gasteiger partial charge in [-0.15, -0.1) is 0 Å². The van der Waals surface area contributed by atoms with Crippen LogP contribution in [0.1, 0.15) is 44.7 Å². The van der Waals surface area contributed by atoms with Crippen molar-refractivity contribution in [3.8, 4) is 0 Å². The largest absolute Gasteiger partial charge is 0.464 e. The van der Waals surface area contributed by atoms with Gasteiger partial charge in [-0.2, -0.15) is 0 Å². The van der Waals surface area contributed by atoms with Crippen LogP contribution >= 0.6 is 0 Å². The normalized spacial score (nSPS) is 12.3. The number of halogens is 2. The number of benzene rings is 2. The second-order valence-electron chi connectivity index (χ2n) is 9.51. The highest BCUT2D eigenvalue weighted by Gasteiger charge is 2.30. The first kappa shape index (κ1) is 33.6. The summed E-state index contributed by atoms with van der Waals surface area (Å²) in [6.07, 6.45) is 2.03. The van der Waals surface area contributed by atoms with E-state index in [9.17, 15) is 32.8 Å². The third-order valence-electron chi connectivity index (χ3n) is 5.83. The quantitative estimate of drug-likeness (QED) is 0.215. The van der Waals surface area contributed by atoms with Gasteiger partial charge in [0.2, 0.25) is 17.7 Å². The summed E-state index contributed by atoms with van der Waals surface area (Å²) in [5.41, 5.74) is 1.04. The van der Waals surface area contributed by atoms with E-state index in [0.717, 1.165) is 23.8 Å². The summed E-state index contributed by atoms with van der Waals surface area (Å²) in [6.45, 7) is 4.59. The van der Waals surface area contributed by atoms with Crippen LogP contribution in [-0.4, -0.2) is 54.9 Å². The second kappa shape index (κ2) is 17.3. The summed E-state index contributed by atoms with van der Waals surface area (Å²) in [5.74, 6) is -5.84. The van der Waals surface area contributed by atoms with Gasteiger partial charge in [-0.1, -0.05) is 50.2 Å². The van der Waals surface area contributed by atoms with Gasteiger partial charge in [0.1, 0.15) is 18.7 Å². The van der Waals surface area contributed by atoms with Crippen LogP contribution < -0.4 is 16.0 Å². The lowest BCUT2D eigenvalue weighted by Gasteiger charge is -2.24. The summed E-state index contributed by atoms with van der Waals surface area (Å²) < 4.78 is 36.6. The molecule has 0 saturated carbocycles. The average Bonchev–Trinajstić information content (AvgIpc) is 2.96. The number of amides is 3. The molecule has 0 aliphatic rings. The minimum atomic E-state index is -1.17. The number of esters is 2. The summed E-state index contributed by atoms with van der Waals surface area (Å²) in [7, 11) is 0. The Morgan fingerprint density at radius 1 is 0.929 bits per heavy atom. The molecule has 2 rings (SSSR count). The highest BCUT2D eigenvalue weighted by atomic mass is 19.2. The molecule has 0 radical (unpaired) electrons. The highest BCUT2D eigenvalue weighted by Crippen LogP contribution is 2.10. The van der Waals surface area contributed by atoms with Crippen LogP contribution in [0.3, 0.4) is 0 Å². The summed E-state index contributed by atoms with van der Waals surface area (Å²) in [5, 5.41) is 7.38. The molecule has 226 valence electrons. The first-order valence-corrected chi connectivity index (χ1v) is 13.4. The number of ether oxygens (including phenoxy) is 2. The third-order valence-corrected chi connectivity index (χ3v) is 5.83. The molecule has 2 aromatic carbocycles. The van der Waals surface area contributed by atoms with Crippen molar-refractivity contribution in [3.63, 3.8) is 0 Å². The van der Waals surface area contributed by atoms with Gasteiger partial charge in [0.25, 0.3) is 0 Å². The Kier molecular flexibility index (Phi) is 13.8. The minimum absolute atomic E-state index is 0.0538. The average molecular weight is 588 g/mol. The van der Waals surface area contributed by atoms with Crippen LogP contribution in [0.5, 0.6) is 0 Å². The molecular formula is C30H35F2N3O7. The molecule has 0 aliphatic carbocycles. The smallest absolute Gasteiger partial charge is 0.328 e. The SMILES string of the molecule is CCOC(=O)[C@@H](CCC(=O)OCc1ccccc1)NC(=O)[C@@H](NC(=O)CNC(=O)/C=C/c1ccc(F)c(F)c1)C(C)C. The van der Waals surface area contributed by atoms with Crippen molar-refractivity contribution in [1.29, 1.82) is 0 Å². The van der Waals surface area contributed by atoms with Crippen LogP contribution in [0.25, 0.3) is 6.08 Å². The fraction of sp³-hybridized carbons (Fsp3) is 0.367. The molecule has 3 N–H and O–H groups in total. The predicted molar refractivity (Wildman–Crippen MR) is 149 cm³/mol. The molecule has 0 heterocycles. The minimum Gasteiger partial charge on any atom is -0.464 e. The topological polar surface area (TPSA) is 140 Å². The maximum Gasteiger partial charge on any atom is 0.328 e. The molecule has 0 spiro atoms. The monoisotopic (exact) mass is 587 g/mol. The molecule has 0 aliphatic heterocycles. The molecule has 12 heteroatoms. The van der Waals surface area contributed by atoms with Crippen molar-refractivity contribution in [2.75, 3.05) is 13.2 Å². The lowest BCUT2D eigenvalue weighted by atomic mass is 10.0. The first-order valence-electron chi connectivity index (χ1n) is 13.4. The van der Waals surface area contributed by atoms with Gasteiger partial charge in [0, 0.05) is 12.5 Å². The van der Waals surface area contributed by atoms with Gasteiger partial charge in [0.15, 0.2) is 11.6 Å². The fourth-order valence-electron chi connectivity index (χ4n) is 3.60. The zero-order valence-electron chi connectivity index (χ0n) is 23.7. The molecule has 42 heavy (non-hydrogen) atoms. The molecular weight excluding hydrogens is 552 g/mol. The van der Waals surface area contributed by atoms with E-state index in [0.29, 0.717) is 0 Å². The Hall–Kier alpha value is -4.61. The molecule has 3 amide bonds. The maximum atomic E-state index is 13.3. The lowest BCUT2D eigenvalue weighted by molar-refractivity contribution is -0.149. The van der Waals surface area contributed by atoms with Gasteiger partial charge >= 0.3 is 11.9 Å². The van der Waals surface area contributed by atoms with Crippen molar-refractivity contribution >= 4 is 35.7 Å². The molecule has 2 atom stereocenters. The molecule has 0 saturated heterocycles. The van der Waals surface area contributed by atoms with Crippen LogP contribution in [-0.2, 0) is 40.1 Å². The maximum absolute atomic E-state index is 13.3. The summed E-state index contributed by atoms with van der Waals surface area (Å²) >= 11 is 0. The standard InChI is InChI=1S/C30H35F2N3O7/c1-4-41-30(40)24(13-15-27(38)42-18-21-8-6-5-7-9-21)34-29(39)28(19(2)3)35-26(37)17-33-25(36)14-11-20-10-12-22(31)23(32)16-20/h5-12,14,16,19,24,28H,4,13,15,17-18H2,1-3H3,(H,33,36)(H,34,39)(H,35,37)/b14-11+/t24-,28+/m1/s1. The van der Waals surface area contributed by atoms with E-state index in [-0.39, 0.29) is 31.6 Å². The zero-order valence-corrected chi connectivity index (χ0v) is 23.7. The van der Waals surface area contributed by atoms with Gasteiger partial charge < -0.3 is 25.4 Å². The highest BCUT2D eigenvalue weighted by molar-refractivity contribution is 5.95. The van der Waals surface area contributed by atoms with E-state index < -0.39 is 65.8 Å². The Bertz CT molecular complexity index is 1270.